The SMILES string of the molecule is Cc1nn(-c2ccc(F)cc2F)c(C)c1CNCCCN(C)C. The summed E-state index contributed by atoms with van der Waals surface area (Å²) in [6.07, 6.45) is 1.06. The maximum absolute atomic E-state index is 14.0. The topological polar surface area (TPSA) is 33.1 Å². The fourth-order valence-corrected chi connectivity index (χ4v) is 2.55. The van der Waals surface area contributed by atoms with Crippen molar-refractivity contribution < 1.29 is 8.78 Å². The number of nitrogens with zero attached hydrogens (tertiary/aromatic N) is 3. The number of benzene rings is 1. The highest BCUT2D eigenvalue weighted by molar-refractivity contribution is 5.38. The van der Waals surface area contributed by atoms with E-state index in [4.69, 9.17) is 0 Å². The lowest BCUT2D eigenvalue weighted by molar-refractivity contribution is 0.394. The second-order valence-corrected chi connectivity index (χ2v) is 5.99. The van der Waals surface area contributed by atoms with Crippen molar-refractivity contribution in [3.8, 4) is 5.69 Å². The van der Waals surface area contributed by atoms with Gasteiger partial charge < -0.3 is 10.2 Å². The third-order valence-electron chi connectivity index (χ3n) is 3.84. The molecule has 0 aliphatic heterocycles. The molecule has 2 rings (SSSR count). The zero-order chi connectivity index (χ0) is 17.0. The molecule has 6 heteroatoms. The summed E-state index contributed by atoms with van der Waals surface area (Å²) in [5, 5.41) is 7.80. The Hall–Kier alpha value is -1.79. The van der Waals surface area contributed by atoms with E-state index in [2.05, 4.69) is 29.4 Å². The van der Waals surface area contributed by atoms with Gasteiger partial charge in [0, 0.05) is 23.9 Å². The molecule has 126 valence electrons. The first-order valence-electron chi connectivity index (χ1n) is 7.76. The van der Waals surface area contributed by atoms with Crippen LogP contribution in [0.2, 0.25) is 0 Å². The van der Waals surface area contributed by atoms with Gasteiger partial charge in [-0.05, 0) is 59.6 Å². The molecular formula is C17H24F2N4. The lowest BCUT2D eigenvalue weighted by Crippen LogP contribution is -2.21. The summed E-state index contributed by atoms with van der Waals surface area (Å²) in [6.45, 7) is 6.44. The van der Waals surface area contributed by atoms with E-state index in [9.17, 15) is 8.78 Å². The third-order valence-corrected chi connectivity index (χ3v) is 3.84. The number of aromatic nitrogens is 2. The number of nitrogens with one attached hydrogen (secondary N) is 1. The maximum atomic E-state index is 14.0. The molecule has 1 aromatic carbocycles. The van der Waals surface area contributed by atoms with Crippen molar-refractivity contribution in [2.45, 2.75) is 26.8 Å². The van der Waals surface area contributed by atoms with Crippen LogP contribution in [0.3, 0.4) is 0 Å². The highest BCUT2D eigenvalue weighted by Gasteiger charge is 2.15. The van der Waals surface area contributed by atoms with Crippen LogP contribution >= 0.6 is 0 Å². The van der Waals surface area contributed by atoms with E-state index in [-0.39, 0.29) is 5.69 Å². The van der Waals surface area contributed by atoms with Crippen molar-refractivity contribution in [1.82, 2.24) is 20.0 Å². The fraction of sp³-hybridized carbons (Fsp3) is 0.471. The fourth-order valence-electron chi connectivity index (χ4n) is 2.55. The van der Waals surface area contributed by atoms with E-state index in [1.807, 2.05) is 13.8 Å². The first-order chi connectivity index (χ1) is 10.9. The number of aryl methyl sites for hydroxylation is 1. The second kappa shape index (κ2) is 7.66. The Balaban J connectivity index is 2.10. The number of hydrogen-bond donors (Lipinski definition) is 1. The standard InChI is InChI=1S/C17H24F2N4/c1-12-15(11-20-8-5-9-22(3)4)13(2)23(21-12)17-7-6-14(18)10-16(17)19/h6-7,10,20H,5,8-9,11H2,1-4H3. The van der Waals surface area contributed by atoms with Crippen molar-refractivity contribution in [3.05, 3.63) is 46.8 Å². The van der Waals surface area contributed by atoms with Gasteiger partial charge in [0.25, 0.3) is 0 Å². The molecule has 0 unspecified atom stereocenters. The van der Waals surface area contributed by atoms with Gasteiger partial charge >= 0.3 is 0 Å². The Morgan fingerprint density at radius 1 is 1.22 bits per heavy atom. The lowest BCUT2D eigenvalue weighted by Gasteiger charge is -2.10. The summed E-state index contributed by atoms with van der Waals surface area (Å²) in [7, 11) is 4.10. The zero-order valence-electron chi connectivity index (χ0n) is 14.2. The quantitative estimate of drug-likeness (QED) is 0.796. The van der Waals surface area contributed by atoms with E-state index in [0.29, 0.717) is 6.54 Å². The molecule has 23 heavy (non-hydrogen) atoms. The number of halogens is 2. The highest BCUT2D eigenvalue weighted by Crippen LogP contribution is 2.20. The summed E-state index contributed by atoms with van der Waals surface area (Å²) >= 11 is 0. The molecule has 0 aliphatic rings. The minimum atomic E-state index is -0.610. The van der Waals surface area contributed by atoms with Crippen molar-refractivity contribution in [2.75, 3.05) is 27.2 Å². The van der Waals surface area contributed by atoms with Gasteiger partial charge in [-0.15, -0.1) is 0 Å². The van der Waals surface area contributed by atoms with Crippen LogP contribution in [0, 0.1) is 25.5 Å². The van der Waals surface area contributed by atoms with Gasteiger partial charge in [0.05, 0.1) is 5.69 Å². The monoisotopic (exact) mass is 322 g/mol. The van der Waals surface area contributed by atoms with Crippen molar-refractivity contribution in [1.29, 1.82) is 0 Å². The van der Waals surface area contributed by atoms with Gasteiger partial charge in [0.1, 0.15) is 11.5 Å². The number of rotatable bonds is 7. The van der Waals surface area contributed by atoms with E-state index in [1.165, 1.54) is 12.1 Å². The zero-order valence-corrected chi connectivity index (χ0v) is 14.2. The molecule has 4 nitrogen and oxygen atoms in total. The van der Waals surface area contributed by atoms with Crippen LogP contribution in [0.1, 0.15) is 23.4 Å². The maximum Gasteiger partial charge on any atom is 0.151 e. The molecule has 0 amide bonds. The molecule has 0 atom stereocenters. The van der Waals surface area contributed by atoms with E-state index in [0.717, 1.165) is 42.5 Å². The van der Waals surface area contributed by atoms with Crippen molar-refractivity contribution in [3.63, 3.8) is 0 Å². The highest BCUT2D eigenvalue weighted by atomic mass is 19.1. The molecular weight excluding hydrogens is 298 g/mol. The molecule has 0 fully saturated rings. The number of hydrogen-bond acceptors (Lipinski definition) is 3. The minimum absolute atomic E-state index is 0.269. The average molecular weight is 322 g/mol. The molecule has 0 aliphatic carbocycles. The molecule has 1 aromatic heterocycles. The van der Waals surface area contributed by atoms with Crippen LogP contribution in [0.15, 0.2) is 18.2 Å². The van der Waals surface area contributed by atoms with E-state index < -0.39 is 11.6 Å². The largest absolute Gasteiger partial charge is 0.312 e. The average Bonchev–Trinajstić information content (AvgIpc) is 2.74. The van der Waals surface area contributed by atoms with Crippen LogP contribution in [0.25, 0.3) is 5.69 Å². The van der Waals surface area contributed by atoms with Crippen molar-refractivity contribution in [2.24, 2.45) is 0 Å². The van der Waals surface area contributed by atoms with Gasteiger partial charge in [-0.2, -0.15) is 5.10 Å². The Kier molecular flexibility index (Phi) is 5.85. The van der Waals surface area contributed by atoms with Crippen LogP contribution in [-0.2, 0) is 6.54 Å². The molecule has 1 N–H and O–H groups in total. The Morgan fingerprint density at radius 3 is 2.61 bits per heavy atom. The van der Waals surface area contributed by atoms with Crippen LogP contribution < -0.4 is 5.32 Å². The Bertz CT molecular complexity index is 665. The molecule has 0 spiro atoms. The summed E-state index contributed by atoms with van der Waals surface area (Å²) < 4.78 is 28.6. The van der Waals surface area contributed by atoms with Gasteiger partial charge in [-0.25, -0.2) is 13.5 Å². The summed E-state index contributed by atoms with van der Waals surface area (Å²) in [5.41, 5.74) is 3.05. The van der Waals surface area contributed by atoms with Crippen LogP contribution in [-0.4, -0.2) is 41.9 Å². The van der Waals surface area contributed by atoms with Gasteiger partial charge in [-0.1, -0.05) is 0 Å². The molecule has 2 aromatic rings. The van der Waals surface area contributed by atoms with E-state index in [1.54, 1.807) is 4.68 Å². The molecule has 0 bridgehead atoms. The van der Waals surface area contributed by atoms with Gasteiger partial charge in [-0.3, -0.25) is 0 Å². The normalized spacial score (nSPS) is 11.4. The van der Waals surface area contributed by atoms with Crippen molar-refractivity contribution >= 4 is 0 Å². The first kappa shape index (κ1) is 17.6. The second-order valence-electron chi connectivity index (χ2n) is 5.99. The lowest BCUT2D eigenvalue weighted by atomic mass is 10.2. The van der Waals surface area contributed by atoms with E-state index >= 15 is 0 Å². The Morgan fingerprint density at radius 2 is 1.96 bits per heavy atom. The minimum Gasteiger partial charge on any atom is -0.312 e. The third kappa shape index (κ3) is 4.36. The van der Waals surface area contributed by atoms with Crippen LogP contribution in [0.5, 0.6) is 0 Å². The molecule has 0 radical (unpaired) electrons. The van der Waals surface area contributed by atoms with Gasteiger partial charge in [0.15, 0.2) is 5.82 Å². The predicted octanol–water partition coefficient (Wildman–Crippen LogP) is 2.81. The molecule has 1 heterocycles. The summed E-state index contributed by atoms with van der Waals surface area (Å²) in [5.74, 6) is -1.20. The molecule has 0 saturated heterocycles. The summed E-state index contributed by atoms with van der Waals surface area (Å²) in [4.78, 5) is 2.15. The van der Waals surface area contributed by atoms with Gasteiger partial charge in [0.2, 0.25) is 0 Å². The van der Waals surface area contributed by atoms with Crippen LogP contribution in [0.4, 0.5) is 8.78 Å². The summed E-state index contributed by atoms with van der Waals surface area (Å²) in [6, 6.07) is 3.54. The predicted molar refractivity (Wildman–Crippen MR) is 87.8 cm³/mol. The first-order valence-corrected chi connectivity index (χ1v) is 7.76. The smallest absolute Gasteiger partial charge is 0.151 e. The molecule has 0 saturated carbocycles. The Labute approximate surface area is 136 Å².